The molecule has 4 nitrogen and oxygen atoms in total. The van der Waals surface area contributed by atoms with E-state index < -0.39 is 24.2 Å². The molecule has 0 saturated carbocycles. The zero-order valence-corrected chi connectivity index (χ0v) is 13.8. The van der Waals surface area contributed by atoms with Crippen molar-refractivity contribution in [3.05, 3.63) is 54.1 Å². The first-order chi connectivity index (χ1) is 12.4. The lowest BCUT2D eigenvalue weighted by atomic mass is 9.89. The van der Waals surface area contributed by atoms with E-state index in [4.69, 9.17) is 4.74 Å². The average molecular weight is 362 g/mol. The Bertz CT molecular complexity index is 838. The van der Waals surface area contributed by atoms with Gasteiger partial charge in [0, 0.05) is 12.1 Å². The monoisotopic (exact) mass is 362 g/mol. The van der Waals surface area contributed by atoms with Crippen LogP contribution in [0.5, 0.6) is 11.5 Å². The Hall–Kier alpha value is -2.70. The number of piperidine rings is 1. The summed E-state index contributed by atoms with van der Waals surface area (Å²) in [7, 11) is 0. The number of rotatable bonds is 1. The molecule has 2 aromatic carbocycles. The van der Waals surface area contributed by atoms with Crippen LogP contribution in [0.4, 0.5) is 18.9 Å². The smallest absolute Gasteiger partial charge is 0.455 e. The van der Waals surface area contributed by atoms with E-state index in [1.54, 1.807) is 6.07 Å². The van der Waals surface area contributed by atoms with Gasteiger partial charge in [-0.15, -0.1) is 0 Å². The summed E-state index contributed by atoms with van der Waals surface area (Å²) in [6, 6.07) is 13.7. The molecule has 0 radical (unpaired) electrons. The minimum atomic E-state index is -4.90. The predicted molar refractivity (Wildman–Crippen MR) is 90.3 cm³/mol. The van der Waals surface area contributed by atoms with Crippen LogP contribution in [0.1, 0.15) is 24.4 Å². The standard InChI is InChI=1S/C19H17F3N2O2/c20-19(21,22)18(25)23-13-7-5-11-24-14-8-2-4-10-16(14)26-15-9-3-1-6-12(15)17(13)24/h1-4,6,8-10,13,17H,5,7,11H2,(H,23,25)/t13-,17-/m0/s1. The third-order valence-electron chi connectivity index (χ3n) is 4.84. The number of nitrogens with zero attached hydrogens (tertiary/aromatic N) is 1. The second-order valence-electron chi connectivity index (χ2n) is 6.47. The topological polar surface area (TPSA) is 41.6 Å². The Morgan fingerprint density at radius 1 is 1.08 bits per heavy atom. The third-order valence-corrected chi connectivity index (χ3v) is 4.84. The number of para-hydroxylation sites is 3. The Labute approximate surface area is 148 Å². The molecule has 136 valence electrons. The first-order valence-electron chi connectivity index (χ1n) is 8.45. The minimum Gasteiger partial charge on any atom is -0.455 e. The van der Waals surface area contributed by atoms with Crippen molar-refractivity contribution >= 4 is 11.6 Å². The second kappa shape index (κ2) is 6.23. The molecule has 0 spiro atoms. The highest BCUT2D eigenvalue weighted by Gasteiger charge is 2.44. The summed E-state index contributed by atoms with van der Waals surface area (Å²) in [5, 5.41) is 2.20. The molecule has 1 amide bonds. The summed E-state index contributed by atoms with van der Waals surface area (Å²) in [4.78, 5) is 13.6. The highest BCUT2D eigenvalue weighted by Crippen LogP contribution is 2.47. The van der Waals surface area contributed by atoms with Crippen LogP contribution in [-0.2, 0) is 4.79 Å². The van der Waals surface area contributed by atoms with E-state index in [0.717, 1.165) is 11.3 Å². The molecule has 7 heteroatoms. The van der Waals surface area contributed by atoms with E-state index in [2.05, 4.69) is 5.32 Å². The van der Waals surface area contributed by atoms with E-state index in [-0.39, 0.29) is 0 Å². The number of anilines is 1. The molecule has 2 atom stereocenters. The number of alkyl halides is 3. The fourth-order valence-corrected chi connectivity index (χ4v) is 3.77. The molecule has 1 fully saturated rings. The van der Waals surface area contributed by atoms with E-state index in [1.165, 1.54) is 0 Å². The maximum atomic E-state index is 12.8. The molecule has 1 saturated heterocycles. The summed E-state index contributed by atoms with van der Waals surface area (Å²) in [5.74, 6) is -0.647. The second-order valence-corrected chi connectivity index (χ2v) is 6.47. The lowest BCUT2D eigenvalue weighted by Crippen LogP contribution is -2.52. The number of benzene rings is 2. The molecule has 0 aliphatic carbocycles. The number of carbonyl (C=O) groups excluding carboxylic acids is 1. The quantitative estimate of drug-likeness (QED) is 0.827. The highest BCUT2D eigenvalue weighted by atomic mass is 19.4. The number of fused-ring (bicyclic) bond motifs is 5. The van der Waals surface area contributed by atoms with Crippen LogP contribution < -0.4 is 15.0 Å². The normalized spacial score (nSPS) is 21.6. The SMILES string of the molecule is O=C(N[C@H]1CCCN2c3ccccc3Oc3ccccc3[C@@H]12)C(F)(F)F. The van der Waals surface area contributed by atoms with Gasteiger partial charge in [-0.2, -0.15) is 13.2 Å². The molecule has 0 aromatic heterocycles. The van der Waals surface area contributed by atoms with Gasteiger partial charge in [-0.1, -0.05) is 30.3 Å². The maximum Gasteiger partial charge on any atom is 0.471 e. The average Bonchev–Trinajstić information content (AvgIpc) is 2.76. The summed E-state index contributed by atoms with van der Waals surface area (Å²) in [6.07, 6.45) is -3.75. The zero-order valence-electron chi connectivity index (χ0n) is 13.8. The van der Waals surface area contributed by atoms with E-state index in [1.807, 2.05) is 47.4 Å². The number of nitrogens with one attached hydrogen (secondary N) is 1. The molecule has 2 aromatic rings. The highest BCUT2D eigenvalue weighted by molar-refractivity contribution is 5.82. The number of hydrogen-bond acceptors (Lipinski definition) is 3. The first-order valence-corrected chi connectivity index (χ1v) is 8.45. The third kappa shape index (κ3) is 2.87. The van der Waals surface area contributed by atoms with Crippen LogP contribution >= 0.6 is 0 Å². The lowest BCUT2D eigenvalue weighted by Gasteiger charge is -2.42. The Kier molecular flexibility index (Phi) is 4.01. The first kappa shape index (κ1) is 16.8. The fraction of sp³-hybridized carbons (Fsp3) is 0.316. The van der Waals surface area contributed by atoms with Crippen molar-refractivity contribution in [2.45, 2.75) is 31.1 Å². The molecular weight excluding hydrogens is 345 g/mol. The van der Waals surface area contributed by atoms with Gasteiger partial charge in [0.15, 0.2) is 5.75 Å². The van der Waals surface area contributed by atoms with Crippen LogP contribution in [0, 0.1) is 0 Å². The van der Waals surface area contributed by atoms with Gasteiger partial charge in [-0.25, -0.2) is 0 Å². The number of carbonyl (C=O) groups is 1. The Morgan fingerprint density at radius 3 is 2.54 bits per heavy atom. The van der Waals surface area contributed by atoms with Crippen molar-refractivity contribution < 1.29 is 22.7 Å². The van der Waals surface area contributed by atoms with Crippen LogP contribution in [0.25, 0.3) is 0 Å². The van der Waals surface area contributed by atoms with Gasteiger partial charge in [0.1, 0.15) is 5.75 Å². The van der Waals surface area contributed by atoms with E-state index >= 15 is 0 Å². The Balaban J connectivity index is 1.79. The molecule has 2 aliphatic heterocycles. The van der Waals surface area contributed by atoms with Gasteiger partial charge >= 0.3 is 12.1 Å². The summed E-state index contributed by atoms with van der Waals surface area (Å²) in [5.41, 5.74) is 1.59. The van der Waals surface area contributed by atoms with Crippen LogP contribution in [-0.4, -0.2) is 24.7 Å². The van der Waals surface area contributed by atoms with Crippen LogP contribution in [0.3, 0.4) is 0 Å². The zero-order chi connectivity index (χ0) is 18.3. The Morgan fingerprint density at radius 2 is 1.77 bits per heavy atom. The van der Waals surface area contributed by atoms with Gasteiger partial charge < -0.3 is 15.0 Å². The maximum absolute atomic E-state index is 12.8. The number of ether oxygens (including phenoxy) is 1. The minimum absolute atomic E-state index is 0.421. The van der Waals surface area contributed by atoms with Crippen molar-refractivity contribution in [3.63, 3.8) is 0 Å². The van der Waals surface area contributed by atoms with Gasteiger partial charge in [-0.3, -0.25) is 4.79 Å². The number of hydrogen-bond donors (Lipinski definition) is 1. The number of halogens is 3. The number of amides is 1. The molecule has 1 N–H and O–H groups in total. The summed E-state index contributed by atoms with van der Waals surface area (Å²) in [6.45, 7) is 0.678. The van der Waals surface area contributed by atoms with E-state index in [9.17, 15) is 18.0 Å². The van der Waals surface area contributed by atoms with Crippen molar-refractivity contribution in [2.75, 3.05) is 11.4 Å². The van der Waals surface area contributed by atoms with Crippen molar-refractivity contribution in [3.8, 4) is 11.5 Å². The van der Waals surface area contributed by atoms with Gasteiger partial charge in [-0.05, 0) is 31.0 Å². The van der Waals surface area contributed by atoms with Crippen LogP contribution in [0.15, 0.2) is 48.5 Å². The van der Waals surface area contributed by atoms with E-state index in [0.29, 0.717) is 30.9 Å². The molecule has 0 unspecified atom stereocenters. The molecule has 26 heavy (non-hydrogen) atoms. The molecule has 0 bridgehead atoms. The van der Waals surface area contributed by atoms with Gasteiger partial charge in [0.2, 0.25) is 0 Å². The molecular formula is C19H17F3N2O2. The predicted octanol–water partition coefficient (Wildman–Crippen LogP) is 4.18. The molecule has 2 heterocycles. The van der Waals surface area contributed by atoms with Gasteiger partial charge in [0.05, 0.1) is 17.8 Å². The van der Waals surface area contributed by atoms with Crippen molar-refractivity contribution in [1.82, 2.24) is 5.32 Å². The lowest BCUT2D eigenvalue weighted by molar-refractivity contribution is -0.174. The summed E-state index contributed by atoms with van der Waals surface area (Å²) >= 11 is 0. The van der Waals surface area contributed by atoms with Crippen LogP contribution in [0.2, 0.25) is 0 Å². The van der Waals surface area contributed by atoms with Gasteiger partial charge in [0.25, 0.3) is 0 Å². The fourth-order valence-electron chi connectivity index (χ4n) is 3.77. The van der Waals surface area contributed by atoms with Crippen molar-refractivity contribution in [2.24, 2.45) is 0 Å². The van der Waals surface area contributed by atoms with Crippen molar-refractivity contribution in [1.29, 1.82) is 0 Å². The molecule has 4 rings (SSSR count). The summed E-state index contributed by atoms with van der Waals surface area (Å²) < 4.78 is 44.4. The molecule has 2 aliphatic rings. The largest absolute Gasteiger partial charge is 0.471 e.